The number of likely N-dealkylation sites (N-methyl/N-ethyl adjacent to an activating group) is 1. The lowest BCUT2D eigenvalue weighted by molar-refractivity contribution is -0.131. The molecule has 0 saturated heterocycles. The van der Waals surface area contributed by atoms with Crippen LogP contribution in [-0.2, 0) is 11.3 Å². The molecule has 1 aromatic carbocycles. The summed E-state index contributed by atoms with van der Waals surface area (Å²) in [6.07, 6.45) is 0. The fourth-order valence-corrected chi connectivity index (χ4v) is 1.84. The van der Waals surface area contributed by atoms with Gasteiger partial charge in [-0.25, -0.2) is 0 Å². The molecule has 1 atom stereocenters. The van der Waals surface area contributed by atoms with E-state index in [1.807, 2.05) is 52.9 Å². The Morgan fingerprint density at radius 3 is 2.24 bits per heavy atom. The second-order valence-electron chi connectivity index (χ2n) is 5.69. The number of rotatable bonds is 4. The largest absolute Gasteiger partial charge is 0.297 e. The quantitative estimate of drug-likeness (QED) is 0.796. The first-order valence-electron chi connectivity index (χ1n) is 6.11. The number of carbonyl (C=O) groups is 1. The molecular formula is C15H23NO. The van der Waals surface area contributed by atoms with Crippen molar-refractivity contribution in [3.8, 4) is 0 Å². The lowest BCUT2D eigenvalue weighted by atomic mass is 9.86. The molecule has 1 aromatic rings. The van der Waals surface area contributed by atoms with Gasteiger partial charge in [-0.2, -0.15) is 0 Å². The van der Waals surface area contributed by atoms with E-state index in [1.165, 1.54) is 5.56 Å². The molecular weight excluding hydrogens is 210 g/mol. The van der Waals surface area contributed by atoms with Crippen molar-refractivity contribution in [2.24, 2.45) is 5.41 Å². The third-order valence-electron chi connectivity index (χ3n) is 3.05. The topological polar surface area (TPSA) is 20.3 Å². The predicted octanol–water partition coefficient (Wildman–Crippen LogP) is 3.12. The summed E-state index contributed by atoms with van der Waals surface area (Å²) >= 11 is 0. The summed E-state index contributed by atoms with van der Waals surface area (Å²) in [6, 6.07) is 10.2. The molecule has 94 valence electrons. The van der Waals surface area contributed by atoms with Crippen molar-refractivity contribution < 1.29 is 4.79 Å². The standard InChI is InChI=1S/C15H23NO/c1-12(14(17)15(2,3)4)16(5)11-13-9-7-6-8-10-13/h6-10,12H,11H2,1-5H3/t12-/m0/s1. The molecule has 0 radical (unpaired) electrons. The van der Waals surface area contributed by atoms with Gasteiger partial charge in [0.1, 0.15) is 0 Å². The average molecular weight is 233 g/mol. The first-order valence-corrected chi connectivity index (χ1v) is 6.11. The van der Waals surface area contributed by atoms with Crippen molar-refractivity contribution in [2.45, 2.75) is 40.3 Å². The summed E-state index contributed by atoms with van der Waals surface area (Å²) in [5.74, 6) is 0.288. The fourth-order valence-electron chi connectivity index (χ4n) is 1.84. The van der Waals surface area contributed by atoms with Crippen molar-refractivity contribution in [2.75, 3.05) is 7.05 Å². The van der Waals surface area contributed by atoms with Crippen molar-refractivity contribution in [1.82, 2.24) is 4.90 Å². The molecule has 0 heterocycles. The minimum absolute atomic E-state index is 0.0461. The van der Waals surface area contributed by atoms with Gasteiger partial charge in [-0.1, -0.05) is 51.1 Å². The molecule has 0 N–H and O–H groups in total. The highest BCUT2D eigenvalue weighted by Crippen LogP contribution is 2.19. The molecule has 0 fully saturated rings. The molecule has 0 aliphatic rings. The zero-order valence-electron chi connectivity index (χ0n) is 11.5. The van der Waals surface area contributed by atoms with Crippen LogP contribution in [0.2, 0.25) is 0 Å². The Hall–Kier alpha value is -1.15. The number of nitrogens with zero attached hydrogens (tertiary/aromatic N) is 1. The molecule has 2 heteroatoms. The summed E-state index contributed by atoms with van der Waals surface area (Å²) in [7, 11) is 2.00. The Balaban J connectivity index is 2.65. The van der Waals surface area contributed by atoms with E-state index >= 15 is 0 Å². The molecule has 17 heavy (non-hydrogen) atoms. The van der Waals surface area contributed by atoms with Gasteiger partial charge in [0.25, 0.3) is 0 Å². The van der Waals surface area contributed by atoms with Gasteiger partial charge in [-0.05, 0) is 19.5 Å². The van der Waals surface area contributed by atoms with E-state index in [0.29, 0.717) is 0 Å². The van der Waals surface area contributed by atoms with Gasteiger partial charge in [0.15, 0.2) is 5.78 Å². The Morgan fingerprint density at radius 1 is 1.24 bits per heavy atom. The van der Waals surface area contributed by atoms with Crippen molar-refractivity contribution in [1.29, 1.82) is 0 Å². The van der Waals surface area contributed by atoms with E-state index < -0.39 is 0 Å². The van der Waals surface area contributed by atoms with E-state index in [0.717, 1.165) is 6.54 Å². The molecule has 0 aromatic heterocycles. The highest BCUT2D eigenvalue weighted by atomic mass is 16.1. The lowest BCUT2D eigenvalue weighted by Crippen LogP contribution is -2.41. The van der Waals surface area contributed by atoms with Crippen LogP contribution >= 0.6 is 0 Å². The molecule has 0 amide bonds. The lowest BCUT2D eigenvalue weighted by Gasteiger charge is -2.29. The number of Topliss-reactive ketones (excluding diaryl/α,β-unsaturated/α-hetero) is 1. The summed E-state index contributed by atoms with van der Waals surface area (Å²) < 4.78 is 0. The van der Waals surface area contributed by atoms with Gasteiger partial charge in [0.05, 0.1) is 6.04 Å². The minimum atomic E-state index is -0.273. The molecule has 2 nitrogen and oxygen atoms in total. The Kier molecular flexibility index (Phi) is 4.47. The minimum Gasteiger partial charge on any atom is -0.297 e. The maximum atomic E-state index is 12.2. The van der Waals surface area contributed by atoms with Gasteiger partial charge in [-0.3, -0.25) is 9.69 Å². The maximum Gasteiger partial charge on any atom is 0.154 e. The summed E-state index contributed by atoms with van der Waals surface area (Å²) in [4.78, 5) is 14.3. The van der Waals surface area contributed by atoms with Crippen LogP contribution in [0.15, 0.2) is 30.3 Å². The van der Waals surface area contributed by atoms with E-state index in [9.17, 15) is 4.79 Å². The van der Waals surface area contributed by atoms with Gasteiger partial charge < -0.3 is 0 Å². The maximum absolute atomic E-state index is 12.2. The Morgan fingerprint density at radius 2 is 1.76 bits per heavy atom. The molecule has 0 aliphatic heterocycles. The summed E-state index contributed by atoms with van der Waals surface area (Å²) in [6.45, 7) is 8.72. The fraction of sp³-hybridized carbons (Fsp3) is 0.533. The van der Waals surface area contributed by atoms with Crippen molar-refractivity contribution in [3.63, 3.8) is 0 Å². The monoisotopic (exact) mass is 233 g/mol. The third kappa shape index (κ3) is 3.97. The SMILES string of the molecule is C[C@@H](C(=O)C(C)(C)C)N(C)Cc1ccccc1. The van der Waals surface area contributed by atoms with Gasteiger partial charge in [-0.15, -0.1) is 0 Å². The predicted molar refractivity (Wildman–Crippen MR) is 71.8 cm³/mol. The molecule has 0 spiro atoms. The Bertz CT molecular complexity index is 364. The van der Waals surface area contributed by atoms with E-state index in [-0.39, 0.29) is 17.2 Å². The van der Waals surface area contributed by atoms with E-state index in [2.05, 4.69) is 17.0 Å². The third-order valence-corrected chi connectivity index (χ3v) is 3.05. The van der Waals surface area contributed by atoms with Crippen LogP contribution in [0.1, 0.15) is 33.3 Å². The van der Waals surface area contributed by atoms with E-state index in [1.54, 1.807) is 0 Å². The number of hydrogen-bond donors (Lipinski definition) is 0. The number of benzene rings is 1. The molecule has 1 rings (SSSR count). The second-order valence-corrected chi connectivity index (χ2v) is 5.69. The zero-order chi connectivity index (χ0) is 13.1. The van der Waals surface area contributed by atoms with Crippen LogP contribution < -0.4 is 0 Å². The number of ketones is 1. The first-order chi connectivity index (χ1) is 7.82. The highest BCUT2D eigenvalue weighted by Gasteiger charge is 2.28. The van der Waals surface area contributed by atoms with Crippen LogP contribution in [0.3, 0.4) is 0 Å². The van der Waals surface area contributed by atoms with Crippen molar-refractivity contribution in [3.05, 3.63) is 35.9 Å². The Labute approximate surface area is 105 Å². The smallest absolute Gasteiger partial charge is 0.154 e. The van der Waals surface area contributed by atoms with Crippen LogP contribution in [0.4, 0.5) is 0 Å². The normalized spacial score (nSPS) is 13.8. The van der Waals surface area contributed by atoms with Gasteiger partial charge in [0, 0.05) is 12.0 Å². The summed E-state index contributed by atoms with van der Waals surface area (Å²) in [5, 5.41) is 0. The van der Waals surface area contributed by atoms with Crippen LogP contribution in [0.25, 0.3) is 0 Å². The second kappa shape index (κ2) is 5.46. The molecule has 0 aliphatic carbocycles. The van der Waals surface area contributed by atoms with Crippen LogP contribution in [0, 0.1) is 5.41 Å². The van der Waals surface area contributed by atoms with E-state index in [4.69, 9.17) is 0 Å². The average Bonchev–Trinajstić information content (AvgIpc) is 2.27. The highest BCUT2D eigenvalue weighted by molar-refractivity contribution is 5.88. The van der Waals surface area contributed by atoms with Crippen LogP contribution in [0.5, 0.6) is 0 Å². The molecule has 0 saturated carbocycles. The van der Waals surface area contributed by atoms with Crippen molar-refractivity contribution >= 4 is 5.78 Å². The number of hydrogen-bond acceptors (Lipinski definition) is 2. The molecule has 0 bridgehead atoms. The number of carbonyl (C=O) groups excluding carboxylic acids is 1. The van der Waals surface area contributed by atoms with Gasteiger partial charge in [0.2, 0.25) is 0 Å². The van der Waals surface area contributed by atoms with Crippen LogP contribution in [-0.4, -0.2) is 23.8 Å². The summed E-state index contributed by atoms with van der Waals surface area (Å²) in [5.41, 5.74) is 0.966. The molecule has 0 unspecified atom stereocenters. The first kappa shape index (κ1) is 13.9. The van der Waals surface area contributed by atoms with Gasteiger partial charge >= 0.3 is 0 Å². The zero-order valence-corrected chi connectivity index (χ0v) is 11.5.